The molecule has 3 aromatic heterocycles. The van der Waals surface area contributed by atoms with Crippen molar-refractivity contribution in [1.82, 2.24) is 29.3 Å². The van der Waals surface area contributed by atoms with Crippen molar-refractivity contribution in [3.05, 3.63) is 87.6 Å². The molecule has 246 valence electrons. The van der Waals surface area contributed by atoms with E-state index in [4.69, 9.17) is 9.72 Å². The molecule has 6 rings (SSSR count). The van der Waals surface area contributed by atoms with Crippen LogP contribution in [0.3, 0.4) is 0 Å². The highest BCUT2D eigenvalue weighted by Crippen LogP contribution is 2.46. The first kappa shape index (κ1) is 32.7. The fourth-order valence-electron chi connectivity index (χ4n) is 6.11. The van der Waals surface area contributed by atoms with Crippen LogP contribution in [0.5, 0.6) is 5.75 Å². The minimum absolute atomic E-state index is 0.0801. The minimum atomic E-state index is -3.86. The summed E-state index contributed by atoms with van der Waals surface area (Å²) in [5.74, 6) is -0.318. The molecule has 11 nitrogen and oxygen atoms in total. The third kappa shape index (κ3) is 6.03. The number of anilines is 1. The summed E-state index contributed by atoms with van der Waals surface area (Å²) < 4.78 is 37.3. The number of aryl methyl sites for hydroxylation is 3. The molecule has 0 radical (unpaired) electrons. The number of amides is 1. The lowest BCUT2D eigenvalue weighted by Gasteiger charge is -2.33. The van der Waals surface area contributed by atoms with E-state index in [9.17, 15) is 13.2 Å². The summed E-state index contributed by atoms with van der Waals surface area (Å²) in [7, 11) is -3.86. The van der Waals surface area contributed by atoms with Crippen molar-refractivity contribution < 1.29 is 17.9 Å². The van der Waals surface area contributed by atoms with Gasteiger partial charge in [0.2, 0.25) is 15.9 Å². The zero-order valence-corrected chi connectivity index (χ0v) is 29.0. The molecule has 1 aliphatic rings. The molecule has 0 saturated carbocycles. The van der Waals surface area contributed by atoms with Gasteiger partial charge in [-0.05, 0) is 68.7 Å². The van der Waals surface area contributed by atoms with Gasteiger partial charge in [-0.2, -0.15) is 4.31 Å². The Labute approximate surface area is 279 Å². The minimum Gasteiger partial charge on any atom is -0.488 e. The topological polar surface area (TPSA) is 132 Å². The molecular formula is C34H39N7O4S2. The van der Waals surface area contributed by atoms with Crippen molar-refractivity contribution >= 4 is 44.0 Å². The molecule has 4 heterocycles. The van der Waals surface area contributed by atoms with Gasteiger partial charge in [-0.25, -0.2) is 18.1 Å². The molecule has 47 heavy (non-hydrogen) atoms. The number of nitrogens with zero attached hydrogens (tertiary/aromatic N) is 6. The number of para-hydroxylation sites is 1. The Kier molecular flexibility index (Phi) is 8.90. The Balaban J connectivity index is 1.43. The predicted molar refractivity (Wildman–Crippen MR) is 182 cm³/mol. The SMILES string of the molecule is CC[C@@H]1CN(Cc2nc([C@@H](c3ccc4c(nnn4CC)c3C)C(C)(C)C(=O)Nc3cccnc3)sc2C)S(=O)(=O)c2ccccc2O1. The Morgan fingerprint density at radius 3 is 2.64 bits per heavy atom. The molecule has 2 aromatic carbocycles. The summed E-state index contributed by atoms with van der Waals surface area (Å²) in [5, 5.41) is 12.6. The van der Waals surface area contributed by atoms with E-state index in [1.54, 1.807) is 48.8 Å². The van der Waals surface area contributed by atoms with E-state index in [0.717, 1.165) is 27.0 Å². The highest BCUT2D eigenvalue weighted by atomic mass is 32.2. The molecule has 0 bridgehead atoms. The number of carbonyl (C=O) groups excluding carboxylic acids is 1. The van der Waals surface area contributed by atoms with E-state index in [-0.39, 0.29) is 30.0 Å². The largest absolute Gasteiger partial charge is 0.488 e. The lowest BCUT2D eigenvalue weighted by atomic mass is 9.73. The van der Waals surface area contributed by atoms with Crippen LogP contribution in [0.2, 0.25) is 0 Å². The van der Waals surface area contributed by atoms with Crippen molar-refractivity contribution in [2.45, 2.75) is 78.0 Å². The van der Waals surface area contributed by atoms with Crippen LogP contribution >= 0.6 is 11.3 Å². The van der Waals surface area contributed by atoms with E-state index in [1.807, 2.05) is 58.4 Å². The number of hydrogen-bond acceptors (Lipinski definition) is 9. The number of nitrogens with one attached hydrogen (secondary N) is 1. The van der Waals surface area contributed by atoms with E-state index in [1.165, 1.54) is 15.6 Å². The van der Waals surface area contributed by atoms with Gasteiger partial charge in [0.25, 0.3) is 0 Å². The van der Waals surface area contributed by atoms with Crippen LogP contribution in [-0.2, 0) is 27.9 Å². The van der Waals surface area contributed by atoms with Crippen molar-refractivity contribution in [3.63, 3.8) is 0 Å². The van der Waals surface area contributed by atoms with Gasteiger partial charge in [0.05, 0.1) is 47.5 Å². The first-order valence-corrected chi connectivity index (χ1v) is 18.0. The first-order valence-electron chi connectivity index (χ1n) is 15.7. The number of ether oxygens (including phenoxy) is 1. The van der Waals surface area contributed by atoms with E-state index < -0.39 is 21.4 Å². The van der Waals surface area contributed by atoms with Crippen LogP contribution < -0.4 is 10.1 Å². The maximum absolute atomic E-state index is 14.1. The van der Waals surface area contributed by atoms with Crippen LogP contribution in [0.1, 0.15) is 66.7 Å². The Morgan fingerprint density at radius 1 is 1.13 bits per heavy atom. The van der Waals surface area contributed by atoms with Crippen molar-refractivity contribution in [2.75, 3.05) is 11.9 Å². The zero-order chi connectivity index (χ0) is 33.5. The summed E-state index contributed by atoms with van der Waals surface area (Å²) in [4.78, 5) is 24.4. The van der Waals surface area contributed by atoms with E-state index in [0.29, 0.717) is 35.1 Å². The van der Waals surface area contributed by atoms with Gasteiger partial charge < -0.3 is 10.1 Å². The number of sulfonamides is 1. The van der Waals surface area contributed by atoms with Crippen LogP contribution in [0, 0.1) is 19.3 Å². The van der Waals surface area contributed by atoms with Crippen molar-refractivity contribution in [1.29, 1.82) is 0 Å². The fraction of sp³-hybridized carbons (Fsp3) is 0.382. The molecule has 2 atom stereocenters. The summed E-state index contributed by atoms with van der Waals surface area (Å²) >= 11 is 1.48. The molecule has 0 fully saturated rings. The molecule has 0 aliphatic carbocycles. The summed E-state index contributed by atoms with van der Waals surface area (Å²) in [6.45, 7) is 12.7. The second-order valence-corrected chi connectivity index (χ2v) is 15.5. The number of rotatable bonds is 9. The summed E-state index contributed by atoms with van der Waals surface area (Å²) in [6, 6.07) is 14.4. The molecule has 0 unspecified atom stereocenters. The van der Waals surface area contributed by atoms with Crippen LogP contribution in [0.4, 0.5) is 5.69 Å². The molecular weight excluding hydrogens is 635 g/mol. The summed E-state index contributed by atoms with van der Waals surface area (Å²) in [6.07, 6.45) is 3.61. The van der Waals surface area contributed by atoms with Gasteiger partial charge in [-0.3, -0.25) is 9.78 Å². The molecule has 0 spiro atoms. The van der Waals surface area contributed by atoms with E-state index in [2.05, 4.69) is 20.6 Å². The van der Waals surface area contributed by atoms with Crippen LogP contribution in [0.25, 0.3) is 11.0 Å². The Morgan fingerprint density at radius 2 is 1.91 bits per heavy atom. The van der Waals surface area contributed by atoms with Gasteiger partial charge in [-0.15, -0.1) is 16.4 Å². The first-order chi connectivity index (χ1) is 22.4. The average molecular weight is 674 g/mol. The Bertz CT molecular complexity index is 2040. The third-order valence-corrected chi connectivity index (χ3v) is 11.9. The second-order valence-electron chi connectivity index (χ2n) is 12.4. The highest BCUT2D eigenvalue weighted by molar-refractivity contribution is 7.89. The van der Waals surface area contributed by atoms with Gasteiger partial charge in [0, 0.05) is 17.6 Å². The van der Waals surface area contributed by atoms with Gasteiger partial charge in [0.1, 0.15) is 27.3 Å². The maximum atomic E-state index is 14.1. The molecule has 0 saturated heterocycles. The third-order valence-electron chi connectivity index (χ3n) is 8.92. The standard InChI is InChI=1S/C34H39N7O4S2/c1-7-24-19-40(47(43,44)29-14-10-9-13-28(29)45-24)20-26-22(4)46-32(37-26)30(34(5,6)33(42)36-23-12-11-17-35-18-23)25-15-16-27-31(21(25)3)38-39-41(27)8-2/h9-18,24,30H,7-8,19-20H2,1-6H3,(H,36,42)/t24-,30-/m1/s1. The average Bonchev–Trinajstić information content (AvgIpc) is 3.62. The van der Waals surface area contributed by atoms with E-state index >= 15 is 0 Å². The number of pyridine rings is 1. The molecule has 1 amide bonds. The predicted octanol–water partition coefficient (Wildman–Crippen LogP) is 6.08. The van der Waals surface area contributed by atoms with Gasteiger partial charge >= 0.3 is 0 Å². The smallest absolute Gasteiger partial charge is 0.247 e. The lowest BCUT2D eigenvalue weighted by molar-refractivity contribution is -0.124. The zero-order valence-electron chi connectivity index (χ0n) is 27.4. The highest BCUT2D eigenvalue weighted by Gasteiger charge is 2.43. The second kappa shape index (κ2) is 12.8. The van der Waals surface area contributed by atoms with Crippen molar-refractivity contribution in [2.24, 2.45) is 5.41 Å². The number of aromatic nitrogens is 5. The molecule has 1 aliphatic heterocycles. The molecule has 1 N–H and O–H groups in total. The fourth-order valence-corrected chi connectivity index (χ4v) is 8.90. The van der Waals surface area contributed by atoms with Crippen LogP contribution in [0.15, 0.2) is 65.8 Å². The number of hydrogen-bond donors (Lipinski definition) is 1. The van der Waals surface area contributed by atoms with Crippen molar-refractivity contribution in [3.8, 4) is 5.75 Å². The van der Waals surface area contributed by atoms with Gasteiger partial charge in [0.15, 0.2) is 0 Å². The molecule has 13 heteroatoms. The lowest BCUT2D eigenvalue weighted by Crippen LogP contribution is -2.37. The molecule has 5 aromatic rings. The quantitative estimate of drug-likeness (QED) is 0.199. The van der Waals surface area contributed by atoms with Crippen LogP contribution in [-0.4, -0.2) is 56.2 Å². The number of carbonyl (C=O) groups is 1. The number of thiazole rings is 1. The monoisotopic (exact) mass is 673 g/mol. The Hall–Kier alpha value is -4.20. The van der Waals surface area contributed by atoms with Gasteiger partial charge in [-0.1, -0.05) is 44.2 Å². The maximum Gasteiger partial charge on any atom is 0.247 e. The summed E-state index contributed by atoms with van der Waals surface area (Å²) in [5.41, 5.74) is 3.75. The normalized spacial score (nSPS) is 17.1. The number of fused-ring (bicyclic) bond motifs is 2. The number of benzene rings is 2.